The van der Waals surface area contributed by atoms with Crippen molar-refractivity contribution in [3.63, 3.8) is 0 Å². The van der Waals surface area contributed by atoms with Gasteiger partial charge in [-0.2, -0.15) is 0 Å². The van der Waals surface area contributed by atoms with Crippen molar-refractivity contribution in [1.29, 1.82) is 0 Å². The van der Waals surface area contributed by atoms with E-state index in [-0.39, 0.29) is 11.5 Å². The molecule has 1 amide bonds. The SMILES string of the molecule is O=C(O)c1ccc(NC(=O)c2cc(Br)c(Br)s2)nc1. The van der Waals surface area contributed by atoms with Crippen molar-refractivity contribution in [2.75, 3.05) is 5.32 Å². The fraction of sp³-hybridized carbons (Fsp3) is 0. The van der Waals surface area contributed by atoms with Gasteiger partial charge in [0.15, 0.2) is 0 Å². The molecule has 98 valence electrons. The second-order valence-corrected chi connectivity index (χ2v) is 6.65. The molecule has 0 aliphatic carbocycles. The summed E-state index contributed by atoms with van der Waals surface area (Å²) in [5.74, 6) is -1.06. The zero-order valence-corrected chi connectivity index (χ0v) is 13.2. The van der Waals surface area contributed by atoms with Gasteiger partial charge < -0.3 is 10.4 Å². The van der Waals surface area contributed by atoms with E-state index in [0.717, 1.165) is 8.26 Å². The number of nitrogens with zero attached hydrogens (tertiary/aromatic N) is 1. The Morgan fingerprint density at radius 2 is 2.05 bits per heavy atom. The highest BCUT2D eigenvalue weighted by atomic mass is 79.9. The molecule has 2 aromatic rings. The largest absolute Gasteiger partial charge is 0.478 e. The van der Waals surface area contributed by atoms with Gasteiger partial charge in [0.25, 0.3) is 5.91 Å². The van der Waals surface area contributed by atoms with Crippen LogP contribution in [-0.2, 0) is 0 Å². The molecule has 0 radical (unpaired) electrons. The molecule has 0 aliphatic rings. The molecule has 2 heterocycles. The number of rotatable bonds is 3. The summed E-state index contributed by atoms with van der Waals surface area (Å²) in [5, 5.41) is 11.3. The summed E-state index contributed by atoms with van der Waals surface area (Å²) in [6, 6.07) is 4.51. The van der Waals surface area contributed by atoms with Crippen molar-refractivity contribution in [3.8, 4) is 0 Å². The number of anilines is 1. The monoisotopic (exact) mass is 404 g/mol. The van der Waals surface area contributed by atoms with E-state index in [1.54, 1.807) is 6.07 Å². The first-order valence-corrected chi connectivity index (χ1v) is 7.33. The number of halogens is 2. The Bertz CT molecular complexity index is 620. The normalized spacial score (nSPS) is 10.2. The highest BCUT2D eigenvalue weighted by Gasteiger charge is 2.13. The minimum atomic E-state index is -1.06. The number of aromatic nitrogens is 1. The molecule has 0 spiro atoms. The second kappa shape index (κ2) is 5.81. The van der Waals surface area contributed by atoms with E-state index in [9.17, 15) is 9.59 Å². The molecule has 0 saturated carbocycles. The quantitative estimate of drug-likeness (QED) is 0.817. The number of amides is 1. The summed E-state index contributed by atoms with van der Waals surface area (Å²) < 4.78 is 1.63. The lowest BCUT2D eigenvalue weighted by atomic mass is 10.3. The van der Waals surface area contributed by atoms with Gasteiger partial charge in [-0.1, -0.05) is 0 Å². The standard InChI is InChI=1S/C11H6Br2N2O3S/c12-6-3-7(19-9(6)13)10(16)15-8-2-1-5(4-14-8)11(17)18/h1-4H,(H,17,18)(H,14,15,16). The smallest absolute Gasteiger partial charge is 0.337 e. The van der Waals surface area contributed by atoms with E-state index >= 15 is 0 Å². The summed E-state index contributed by atoms with van der Waals surface area (Å²) in [4.78, 5) is 26.9. The van der Waals surface area contributed by atoms with Crippen LogP contribution in [0.2, 0.25) is 0 Å². The highest BCUT2D eigenvalue weighted by Crippen LogP contribution is 2.32. The van der Waals surface area contributed by atoms with Crippen LogP contribution in [0.4, 0.5) is 5.82 Å². The number of aromatic carboxylic acids is 1. The maximum absolute atomic E-state index is 11.9. The summed E-state index contributed by atoms with van der Waals surface area (Å²) in [6.45, 7) is 0. The molecule has 2 aromatic heterocycles. The highest BCUT2D eigenvalue weighted by molar-refractivity contribution is 9.13. The maximum atomic E-state index is 11.9. The van der Waals surface area contributed by atoms with Crippen molar-refractivity contribution in [1.82, 2.24) is 4.98 Å². The molecule has 2 N–H and O–H groups in total. The molecule has 0 aliphatic heterocycles. The average molecular weight is 406 g/mol. The third kappa shape index (κ3) is 3.40. The summed E-state index contributed by atoms with van der Waals surface area (Å²) >= 11 is 7.89. The summed E-state index contributed by atoms with van der Waals surface area (Å²) in [5.41, 5.74) is 0.0691. The predicted octanol–water partition coefficient (Wildman–Crippen LogP) is 3.62. The van der Waals surface area contributed by atoms with Gasteiger partial charge >= 0.3 is 5.97 Å². The molecular weight excluding hydrogens is 400 g/mol. The second-order valence-electron chi connectivity index (χ2n) is 3.42. The number of nitrogens with one attached hydrogen (secondary N) is 1. The van der Waals surface area contributed by atoms with E-state index in [1.807, 2.05) is 0 Å². The third-order valence-electron chi connectivity index (χ3n) is 2.12. The van der Waals surface area contributed by atoms with Crippen molar-refractivity contribution in [2.24, 2.45) is 0 Å². The van der Waals surface area contributed by atoms with E-state index in [2.05, 4.69) is 42.2 Å². The minimum Gasteiger partial charge on any atom is -0.478 e. The lowest BCUT2D eigenvalue weighted by molar-refractivity contribution is 0.0696. The first-order chi connectivity index (χ1) is 8.97. The molecular formula is C11H6Br2N2O3S. The molecule has 0 bridgehead atoms. The lowest BCUT2D eigenvalue weighted by Crippen LogP contribution is -2.11. The van der Waals surface area contributed by atoms with Crippen LogP contribution in [0.5, 0.6) is 0 Å². The van der Waals surface area contributed by atoms with E-state index < -0.39 is 5.97 Å². The molecule has 0 saturated heterocycles. The molecule has 5 nitrogen and oxygen atoms in total. The van der Waals surface area contributed by atoms with Gasteiger partial charge in [-0.15, -0.1) is 11.3 Å². The summed E-state index contributed by atoms with van der Waals surface area (Å²) in [6.07, 6.45) is 1.19. The fourth-order valence-electron chi connectivity index (χ4n) is 1.23. The Morgan fingerprint density at radius 3 is 2.53 bits per heavy atom. The molecule has 19 heavy (non-hydrogen) atoms. The van der Waals surface area contributed by atoms with Crippen LogP contribution in [0.15, 0.2) is 32.7 Å². The molecule has 0 atom stereocenters. The zero-order chi connectivity index (χ0) is 14.0. The van der Waals surface area contributed by atoms with Gasteiger partial charge in [-0.3, -0.25) is 4.79 Å². The van der Waals surface area contributed by atoms with Gasteiger partial charge in [-0.25, -0.2) is 9.78 Å². The van der Waals surface area contributed by atoms with Gasteiger partial charge in [0.2, 0.25) is 0 Å². The number of carboxylic acids is 1. The number of carbonyl (C=O) groups excluding carboxylic acids is 1. The number of hydrogen-bond acceptors (Lipinski definition) is 4. The van der Waals surface area contributed by atoms with Crippen LogP contribution < -0.4 is 5.32 Å². The zero-order valence-electron chi connectivity index (χ0n) is 9.18. The van der Waals surface area contributed by atoms with Crippen LogP contribution in [0, 0.1) is 0 Å². The van der Waals surface area contributed by atoms with Crippen molar-refractivity contribution < 1.29 is 14.7 Å². The average Bonchev–Trinajstić information content (AvgIpc) is 2.70. The third-order valence-corrected chi connectivity index (χ3v) is 5.38. The van der Waals surface area contributed by atoms with Crippen molar-refractivity contribution in [2.45, 2.75) is 0 Å². The Hall–Kier alpha value is -1.25. The lowest BCUT2D eigenvalue weighted by Gasteiger charge is -2.02. The van der Waals surface area contributed by atoms with Gasteiger partial charge in [0.05, 0.1) is 14.2 Å². The van der Waals surface area contributed by atoms with E-state index in [1.165, 1.54) is 29.7 Å². The minimum absolute atomic E-state index is 0.0691. The number of hydrogen-bond donors (Lipinski definition) is 2. The van der Waals surface area contributed by atoms with Crippen LogP contribution >= 0.6 is 43.2 Å². The van der Waals surface area contributed by atoms with Crippen LogP contribution in [0.3, 0.4) is 0 Å². The topological polar surface area (TPSA) is 79.3 Å². The first kappa shape index (κ1) is 14.2. The molecule has 0 aromatic carbocycles. The number of thiophene rings is 1. The molecule has 0 fully saturated rings. The van der Waals surface area contributed by atoms with Crippen molar-refractivity contribution in [3.05, 3.63) is 43.1 Å². The van der Waals surface area contributed by atoms with Crippen LogP contribution in [-0.4, -0.2) is 22.0 Å². The first-order valence-electron chi connectivity index (χ1n) is 4.93. The Kier molecular flexibility index (Phi) is 4.33. The molecule has 8 heteroatoms. The Labute approximate surface area is 128 Å². The number of carboxylic acid groups (broad SMARTS) is 1. The fourth-order valence-corrected chi connectivity index (χ4v) is 3.16. The predicted molar refractivity (Wildman–Crippen MR) is 78.9 cm³/mol. The van der Waals surface area contributed by atoms with E-state index in [0.29, 0.717) is 10.7 Å². The molecule has 2 rings (SSSR count). The maximum Gasteiger partial charge on any atom is 0.337 e. The number of pyridine rings is 1. The van der Waals surface area contributed by atoms with Crippen molar-refractivity contribution >= 4 is 60.9 Å². The Morgan fingerprint density at radius 1 is 1.32 bits per heavy atom. The Balaban J connectivity index is 2.12. The van der Waals surface area contributed by atoms with Crippen LogP contribution in [0.25, 0.3) is 0 Å². The van der Waals surface area contributed by atoms with Gasteiger partial charge in [-0.05, 0) is 50.1 Å². The van der Waals surface area contributed by atoms with E-state index in [4.69, 9.17) is 5.11 Å². The molecule has 0 unspecified atom stereocenters. The summed E-state index contributed by atoms with van der Waals surface area (Å²) in [7, 11) is 0. The van der Waals surface area contributed by atoms with Gasteiger partial charge in [0, 0.05) is 10.7 Å². The number of carbonyl (C=O) groups is 2. The van der Waals surface area contributed by atoms with Crippen LogP contribution in [0.1, 0.15) is 20.0 Å². The van der Waals surface area contributed by atoms with Gasteiger partial charge in [0.1, 0.15) is 5.82 Å².